The van der Waals surface area contributed by atoms with E-state index >= 15 is 0 Å². The van der Waals surface area contributed by atoms with Crippen LogP contribution in [0.2, 0.25) is 5.02 Å². The van der Waals surface area contributed by atoms with E-state index in [0.717, 1.165) is 81.9 Å². The molecule has 0 saturated heterocycles. The molecule has 2 aromatic carbocycles. The molecule has 2 aliphatic rings. The summed E-state index contributed by atoms with van der Waals surface area (Å²) in [5, 5.41) is 49.7. The molecule has 0 spiro atoms. The molecule has 1 heterocycles. The lowest BCUT2D eigenvalue weighted by Gasteiger charge is -2.30. The number of aromatic nitrogens is 1. The molecule has 1 aromatic heterocycles. The van der Waals surface area contributed by atoms with Gasteiger partial charge in [0.15, 0.2) is 6.10 Å². The van der Waals surface area contributed by atoms with Crippen LogP contribution < -0.4 is 4.74 Å². The number of amides is 1. The van der Waals surface area contributed by atoms with Crippen LogP contribution in [0.4, 0.5) is 0 Å². The highest BCUT2D eigenvalue weighted by molar-refractivity contribution is 7.99. The number of benzene rings is 2. The number of aliphatic hydroxyl groups excluding tert-OH is 5. The summed E-state index contributed by atoms with van der Waals surface area (Å²) >= 11 is 8.28. The second-order valence-corrected chi connectivity index (χ2v) is 17.6. The summed E-state index contributed by atoms with van der Waals surface area (Å²) in [5.41, 5.74) is 3.53. The van der Waals surface area contributed by atoms with Crippen LogP contribution in [-0.2, 0) is 31.6 Å². The first kappa shape index (κ1) is 41.4. The molecule has 0 bridgehead atoms. The van der Waals surface area contributed by atoms with Gasteiger partial charge in [-0.2, -0.15) is 0 Å². The minimum Gasteiger partial charge on any atom is -0.490 e. The number of rotatable bonds is 22. The SMILES string of the molecule is CS(=O)(=O)CCN(CCCCCSc1ccc(Cl)c(COC2(c3cnccc3-c3ccccc3OC3CC3)CC2)c1)C(=O)C(O)C(O)C(O)C(O)CO. The minimum absolute atomic E-state index is 0.114. The van der Waals surface area contributed by atoms with Crippen molar-refractivity contribution in [2.75, 3.05) is 37.5 Å². The second kappa shape index (κ2) is 18.7. The Hall–Kier alpha value is -2.79. The van der Waals surface area contributed by atoms with E-state index in [1.807, 2.05) is 48.7 Å². The number of hydrogen-bond acceptors (Lipinski definition) is 12. The number of nitrogens with zero attached hydrogens (tertiary/aromatic N) is 2. The fourth-order valence-electron chi connectivity index (χ4n) is 5.96. The highest BCUT2D eigenvalue weighted by Crippen LogP contribution is 2.53. The van der Waals surface area contributed by atoms with Crippen LogP contribution in [0, 0.1) is 0 Å². The predicted molar refractivity (Wildman–Crippen MR) is 202 cm³/mol. The molecule has 0 radical (unpaired) electrons. The van der Waals surface area contributed by atoms with Crippen LogP contribution in [0.25, 0.3) is 11.1 Å². The first-order chi connectivity index (χ1) is 25.3. The molecule has 1 amide bonds. The van der Waals surface area contributed by atoms with Crippen molar-refractivity contribution in [3.8, 4) is 16.9 Å². The molecular weight excluding hydrogens is 744 g/mol. The Bertz CT molecular complexity index is 1790. The average Bonchev–Trinajstić information content (AvgIpc) is 4.10. The Kier molecular flexibility index (Phi) is 14.6. The topological polar surface area (TPSA) is 187 Å². The van der Waals surface area contributed by atoms with Crippen molar-refractivity contribution in [2.45, 2.75) is 92.6 Å². The smallest absolute Gasteiger partial charge is 0.254 e. The molecule has 12 nitrogen and oxygen atoms in total. The van der Waals surface area contributed by atoms with E-state index in [-0.39, 0.29) is 24.9 Å². The Morgan fingerprint density at radius 3 is 2.47 bits per heavy atom. The molecule has 53 heavy (non-hydrogen) atoms. The minimum atomic E-state index is -3.44. The molecule has 290 valence electrons. The molecular formula is C38H49ClN2O10S2. The van der Waals surface area contributed by atoms with Crippen molar-refractivity contribution in [3.05, 3.63) is 77.1 Å². The Morgan fingerprint density at radius 1 is 1.02 bits per heavy atom. The van der Waals surface area contributed by atoms with Crippen LogP contribution in [0.1, 0.15) is 56.1 Å². The average molecular weight is 793 g/mol. The molecule has 2 aliphatic carbocycles. The number of carbonyl (C=O) groups excluding carboxylic acids is 1. The monoisotopic (exact) mass is 792 g/mol. The van der Waals surface area contributed by atoms with E-state index in [1.54, 1.807) is 18.0 Å². The van der Waals surface area contributed by atoms with Crippen molar-refractivity contribution < 1.29 is 48.2 Å². The fourth-order valence-corrected chi connectivity index (χ4v) is 7.66. The van der Waals surface area contributed by atoms with Gasteiger partial charge in [0.25, 0.3) is 5.91 Å². The van der Waals surface area contributed by atoms with E-state index in [0.29, 0.717) is 24.5 Å². The van der Waals surface area contributed by atoms with Crippen LogP contribution >= 0.6 is 23.4 Å². The number of hydrogen-bond donors (Lipinski definition) is 5. The number of ether oxygens (including phenoxy) is 2. The molecule has 0 aliphatic heterocycles. The van der Waals surface area contributed by atoms with Crippen molar-refractivity contribution in [1.29, 1.82) is 0 Å². The van der Waals surface area contributed by atoms with Gasteiger partial charge in [0.1, 0.15) is 33.9 Å². The molecule has 4 unspecified atom stereocenters. The number of pyridine rings is 1. The summed E-state index contributed by atoms with van der Waals surface area (Å²) in [7, 11) is -3.44. The van der Waals surface area contributed by atoms with E-state index < -0.39 is 52.4 Å². The summed E-state index contributed by atoms with van der Waals surface area (Å²) in [6, 6.07) is 16.0. The summed E-state index contributed by atoms with van der Waals surface area (Å²) in [6.45, 7) is -0.657. The second-order valence-electron chi connectivity index (χ2n) is 13.8. The van der Waals surface area contributed by atoms with Gasteiger partial charge < -0.3 is 39.9 Å². The molecule has 15 heteroatoms. The number of carbonyl (C=O) groups is 1. The van der Waals surface area contributed by atoms with Gasteiger partial charge in [0, 0.05) is 52.8 Å². The van der Waals surface area contributed by atoms with Crippen LogP contribution in [0.15, 0.2) is 65.8 Å². The van der Waals surface area contributed by atoms with E-state index in [4.69, 9.17) is 26.2 Å². The van der Waals surface area contributed by atoms with Gasteiger partial charge in [-0.1, -0.05) is 36.2 Å². The number of aliphatic hydroxyl groups is 5. The lowest BCUT2D eigenvalue weighted by molar-refractivity contribution is -0.158. The first-order valence-corrected chi connectivity index (χ1v) is 21.3. The van der Waals surface area contributed by atoms with E-state index in [2.05, 4.69) is 11.1 Å². The van der Waals surface area contributed by atoms with Gasteiger partial charge in [-0.05, 0) is 85.7 Å². The third-order valence-corrected chi connectivity index (χ3v) is 11.8. The molecule has 5 rings (SSSR count). The molecule has 4 atom stereocenters. The van der Waals surface area contributed by atoms with Gasteiger partial charge in [0.2, 0.25) is 0 Å². The number of para-hydroxylation sites is 1. The predicted octanol–water partition coefficient (Wildman–Crippen LogP) is 3.72. The summed E-state index contributed by atoms with van der Waals surface area (Å²) in [4.78, 5) is 19.6. The van der Waals surface area contributed by atoms with E-state index in [9.17, 15) is 33.6 Å². The third-order valence-electron chi connectivity index (χ3n) is 9.42. The van der Waals surface area contributed by atoms with Gasteiger partial charge in [0.05, 0.1) is 30.7 Å². The van der Waals surface area contributed by atoms with Crippen LogP contribution in [-0.4, -0.2) is 118 Å². The van der Waals surface area contributed by atoms with Gasteiger partial charge in [-0.15, -0.1) is 11.8 Å². The zero-order valence-electron chi connectivity index (χ0n) is 29.7. The number of unbranched alkanes of at least 4 members (excludes halogenated alkanes) is 2. The summed E-state index contributed by atoms with van der Waals surface area (Å²) in [6.07, 6.45) is 2.91. The number of sulfone groups is 1. The maximum Gasteiger partial charge on any atom is 0.254 e. The molecule has 3 aromatic rings. The molecule has 5 N–H and O–H groups in total. The Labute approximate surface area is 320 Å². The fraction of sp³-hybridized carbons (Fsp3) is 0.526. The Morgan fingerprint density at radius 2 is 1.77 bits per heavy atom. The van der Waals surface area contributed by atoms with Crippen molar-refractivity contribution >= 4 is 39.1 Å². The van der Waals surface area contributed by atoms with Crippen molar-refractivity contribution in [1.82, 2.24) is 9.88 Å². The van der Waals surface area contributed by atoms with Gasteiger partial charge >= 0.3 is 0 Å². The van der Waals surface area contributed by atoms with Gasteiger partial charge in [-0.3, -0.25) is 9.78 Å². The lowest BCUT2D eigenvalue weighted by atomic mass is 9.96. The van der Waals surface area contributed by atoms with Crippen molar-refractivity contribution in [3.63, 3.8) is 0 Å². The zero-order valence-corrected chi connectivity index (χ0v) is 32.1. The highest BCUT2D eigenvalue weighted by Gasteiger charge is 2.48. The quantitative estimate of drug-likeness (QED) is 0.0735. The summed E-state index contributed by atoms with van der Waals surface area (Å²) in [5.74, 6) is 0.304. The standard InChI is InChI=1S/C38H49ClN2O10S2/c1-53(48,49)20-18-41(37(47)36(46)35(45)34(44)32(43)23-42)17-5-2-6-19-52-27-11-12-31(39)25(21-27)24-50-38(14-15-38)30-22-40-16-13-28(30)29-7-3-4-8-33(29)51-26-9-10-26/h3-4,7-8,11-13,16,21-22,26,32,34-36,42-46H,2,5-6,9-10,14-15,17-20,23-24H2,1H3. The van der Waals surface area contributed by atoms with Crippen molar-refractivity contribution in [2.24, 2.45) is 0 Å². The molecule has 2 saturated carbocycles. The lowest BCUT2D eigenvalue weighted by Crippen LogP contribution is -2.53. The number of halogens is 1. The maximum absolute atomic E-state index is 12.9. The normalized spacial score (nSPS) is 17.5. The number of thioether (sulfide) groups is 1. The van der Waals surface area contributed by atoms with Gasteiger partial charge in [-0.25, -0.2) is 8.42 Å². The maximum atomic E-state index is 12.9. The zero-order chi connectivity index (χ0) is 38.2. The van der Waals surface area contributed by atoms with E-state index in [1.165, 1.54) is 0 Å². The third kappa shape index (κ3) is 11.6. The highest BCUT2D eigenvalue weighted by atomic mass is 35.5. The molecule has 2 fully saturated rings. The van der Waals surface area contributed by atoms with Crippen LogP contribution in [0.3, 0.4) is 0 Å². The largest absolute Gasteiger partial charge is 0.490 e. The Balaban J connectivity index is 1.13. The first-order valence-electron chi connectivity index (χ1n) is 17.9. The summed E-state index contributed by atoms with van der Waals surface area (Å²) < 4.78 is 36.4. The van der Waals surface area contributed by atoms with Crippen LogP contribution in [0.5, 0.6) is 5.75 Å².